The summed E-state index contributed by atoms with van der Waals surface area (Å²) in [5, 5.41) is 0.719. The van der Waals surface area contributed by atoms with E-state index in [0.717, 1.165) is 42.3 Å². The minimum absolute atomic E-state index is 0.0608. The minimum atomic E-state index is -0.550. The van der Waals surface area contributed by atoms with Crippen LogP contribution in [0.1, 0.15) is 72.1 Å². The summed E-state index contributed by atoms with van der Waals surface area (Å²) in [5.74, 6) is 0.392. The number of pyridine rings is 1. The monoisotopic (exact) mass is 417 g/mol. The highest BCUT2D eigenvalue weighted by Crippen LogP contribution is 2.34. The van der Waals surface area contributed by atoms with Crippen molar-refractivity contribution in [3.63, 3.8) is 0 Å². The number of unbranched alkanes of at least 4 members (excludes halogenated alkanes) is 6. The summed E-state index contributed by atoms with van der Waals surface area (Å²) in [6.07, 6.45) is 9.00. The number of ether oxygens (including phenoxy) is 3. The topological polar surface area (TPSA) is 66.8 Å². The summed E-state index contributed by atoms with van der Waals surface area (Å²) < 4.78 is 18.3. The van der Waals surface area contributed by atoms with Gasteiger partial charge in [-0.15, -0.1) is 0 Å². The second kappa shape index (κ2) is 12.3. The first-order chi connectivity index (χ1) is 14.5. The van der Waals surface area contributed by atoms with Crippen LogP contribution in [-0.2, 0) is 11.3 Å². The summed E-state index contributed by atoms with van der Waals surface area (Å²) in [6.45, 7) is 6.75. The van der Waals surface area contributed by atoms with Crippen molar-refractivity contribution in [1.82, 2.24) is 4.57 Å². The van der Waals surface area contributed by atoms with Gasteiger partial charge in [-0.1, -0.05) is 52.4 Å². The molecular weight excluding hydrogens is 382 g/mol. The number of benzene rings is 1. The highest BCUT2D eigenvalue weighted by atomic mass is 16.6. The first-order valence-corrected chi connectivity index (χ1v) is 11.1. The Morgan fingerprint density at radius 1 is 0.967 bits per heavy atom. The van der Waals surface area contributed by atoms with Gasteiger partial charge >= 0.3 is 5.97 Å². The largest absolute Gasteiger partial charge is 0.494 e. The van der Waals surface area contributed by atoms with Gasteiger partial charge < -0.3 is 18.8 Å². The van der Waals surface area contributed by atoms with Gasteiger partial charge in [0, 0.05) is 24.9 Å². The van der Waals surface area contributed by atoms with Crippen LogP contribution in [0.2, 0.25) is 0 Å². The SMILES string of the molecule is CCCCCCCCOc1ccc2c(OC)c(OC(C)=O)c(=O)n(CCCC)c2c1. The predicted molar refractivity (Wildman–Crippen MR) is 120 cm³/mol. The van der Waals surface area contributed by atoms with E-state index in [2.05, 4.69) is 13.8 Å². The maximum atomic E-state index is 13.1. The van der Waals surface area contributed by atoms with Crippen LogP contribution in [0.3, 0.4) is 0 Å². The molecule has 6 nitrogen and oxygen atoms in total. The number of aryl methyl sites for hydroxylation is 1. The number of hydrogen-bond donors (Lipinski definition) is 0. The summed E-state index contributed by atoms with van der Waals surface area (Å²) >= 11 is 0. The Balaban J connectivity index is 2.31. The fraction of sp³-hybridized carbons (Fsp3) is 0.583. The Bertz CT molecular complexity index is 887. The second-order valence-electron chi connectivity index (χ2n) is 7.56. The number of nitrogens with zero attached hydrogens (tertiary/aromatic N) is 1. The van der Waals surface area contributed by atoms with E-state index in [4.69, 9.17) is 14.2 Å². The number of aromatic nitrogens is 1. The van der Waals surface area contributed by atoms with Gasteiger partial charge in [0.15, 0.2) is 5.75 Å². The zero-order chi connectivity index (χ0) is 21.9. The van der Waals surface area contributed by atoms with Gasteiger partial charge in [-0.25, -0.2) is 0 Å². The first-order valence-electron chi connectivity index (χ1n) is 11.1. The smallest absolute Gasteiger partial charge is 0.308 e. The number of rotatable bonds is 13. The van der Waals surface area contributed by atoms with Crippen LogP contribution in [0.4, 0.5) is 0 Å². The molecule has 0 amide bonds. The van der Waals surface area contributed by atoms with Crippen molar-refractivity contribution in [2.24, 2.45) is 0 Å². The molecule has 0 radical (unpaired) electrons. The average molecular weight is 418 g/mol. The Kier molecular flexibility index (Phi) is 9.71. The van der Waals surface area contributed by atoms with Gasteiger partial charge in [-0.2, -0.15) is 0 Å². The molecule has 2 rings (SSSR count). The summed E-state index contributed by atoms with van der Waals surface area (Å²) in [6, 6.07) is 5.61. The summed E-state index contributed by atoms with van der Waals surface area (Å²) in [5.41, 5.74) is 0.359. The molecular formula is C24H35NO5. The van der Waals surface area contributed by atoms with Crippen LogP contribution >= 0.6 is 0 Å². The van der Waals surface area contributed by atoms with E-state index >= 15 is 0 Å². The highest BCUT2D eigenvalue weighted by molar-refractivity contribution is 5.90. The third-order valence-electron chi connectivity index (χ3n) is 5.10. The summed E-state index contributed by atoms with van der Waals surface area (Å²) in [7, 11) is 1.47. The minimum Gasteiger partial charge on any atom is -0.494 e. The lowest BCUT2D eigenvalue weighted by Crippen LogP contribution is -2.24. The maximum Gasteiger partial charge on any atom is 0.308 e. The molecule has 30 heavy (non-hydrogen) atoms. The standard InChI is InChI=1S/C24H35NO5/c1-5-7-9-10-11-12-16-29-19-13-14-20-21(17-19)25(15-8-6-2)24(27)23(22(20)28-4)30-18(3)26/h13-14,17H,5-12,15-16H2,1-4H3. The van der Waals surface area contributed by atoms with E-state index in [-0.39, 0.29) is 17.1 Å². The van der Waals surface area contributed by atoms with Gasteiger partial charge in [0.2, 0.25) is 5.75 Å². The van der Waals surface area contributed by atoms with Crippen molar-refractivity contribution in [2.75, 3.05) is 13.7 Å². The van der Waals surface area contributed by atoms with E-state index < -0.39 is 5.97 Å². The lowest BCUT2D eigenvalue weighted by Gasteiger charge is -2.17. The molecule has 1 aromatic carbocycles. The molecule has 0 saturated carbocycles. The van der Waals surface area contributed by atoms with Crippen LogP contribution < -0.4 is 19.8 Å². The van der Waals surface area contributed by atoms with Crippen molar-refractivity contribution in [3.05, 3.63) is 28.6 Å². The van der Waals surface area contributed by atoms with Crippen molar-refractivity contribution < 1.29 is 19.0 Å². The number of methoxy groups -OCH3 is 1. The van der Waals surface area contributed by atoms with Crippen LogP contribution in [-0.4, -0.2) is 24.3 Å². The molecule has 0 aliphatic carbocycles. The molecule has 0 bridgehead atoms. The number of fused-ring (bicyclic) bond motifs is 1. The van der Waals surface area contributed by atoms with Crippen molar-refractivity contribution in [2.45, 2.75) is 78.7 Å². The molecule has 0 aliphatic rings. The number of hydrogen-bond acceptors (Lipinski definition) is 5. The van der Waals surface area contributed by atoms with E-state index in [9.17, 15) is 9.59 Å². The number of carbonyl (C=O) groups excluding carboxylic acids is 1. The molecule has 166 valence electrons. The van der Waals surface area contributed by atoms with Crippen LogP contribution in [0.15, 0.2) is 23.0 Å². The van der Waals surface area contributed by atoms with E-state index in [1.165, 1.54) is 39.7 Å². The summed E-state index contributed by atoms with van der Waals surface area (Å²) in [4.78, 5) is 24.6. The third-order valence-corrected chi connectivity index (χ3v) is 5.10. The molecule has 0 N–H and O–H groups in total. The molecule has 0 aliphatic heterocycles. The number of carbonyl (C=O) groups is 1. The maximum absolute atomic E-state index is 13.1. The second-order valence-corrected chi connectivity index (χ2v) is 7.56. The zero-order valence-electron chi connectivity index (χ0n) is 18.8. The first kappa shape index (κ1) is 23.8. The Hall–Kier alpha value is -2.50. The Labute approximate surface area is 179 Å². The van der Waals surface area contributed by atoms with E-state index in [1.54, 1.807) is 4.57 Å². The van der Waals surface area contributed by atoms with Crippen LogP contribution in [0.5, 0.6) is 17.2 Å². The molecule has 0 fully saturated rings. The normalized spacial score (nSPS) is 10.9. The molecule has 0 atom stereocenters. The lowest BCUT2D eigenvalue weighted by molar-refractivity contribution is -0.132. The van der Waals surface area contributed by atoms with Gasteiger partial charge in [0.05, 0.1) is 19.2 Å². The fourth-order valence-electron chi connectivity index (χ4n) is 3.51. The van der Waals surface area contributed by atoms with E-state index in [0.29, 0.717) is 13.2 Å². The van der Waals surface area contributed by atoms with Crippen LogP contribution in [0.25, 0.3) is 10.9 Å². The Morgan fingerprint density at radius 3 is 2.33 bits per heavy atom. The van der Waals surface area contributed by atoms with Crippen LogP contribution in [0, 0.1) is 0 Å². The molecule has 1 heterocycles. The quantitative estimate of drug-likeness (QED) is 0.319. The third kappa shape index (κ3) is 6.25. The van der Waals surface area contributed by atoms with Gasteiger partial charge in [0.25, 0.3) is 5.56 Å². The van der Waals surface area contributed by atoms with Gasteiger partial charge in [-0.05, 0) is 25.0 Å². The van der Waals surface area contributed by atoms with Crippen molar-refractivity contribution in [1.29, 1.82) is 0 Å². The van der Waals surface area contributed by atoms with E-state index in [1.807, 2.05) is 18.2 Å². The number of esters is 1. The fourth-order valence-corrected chi connectivity index (χ4v) is 3.51. The Morgan fingerprint density at radius 2 is 1.67 bits per heavy atom. The van der Waals surface area contributed by atoms with Crippen molar-refractivity contribution >= 4 is 16.9 Å². The predicted octanol–water partition coefficient (Wildman–Crippen LogP) is 5.47. The molecule has 6 heteroatoms. The molecule has 0 unspecified atom stereocenters. The molecule has 0 spiro atoms. The van der Waals surface area contributed by atoms with Gasteiger partial charge in [0.1, 0.15) is 5.75 Å². The lowest BCUT2D eigenvalue weighted by atomic mass is 10.1. The molecule has 2 aromatic rings. The van der Waals surface area contributed by atoms with Crippen molar-refractivity contribution in [3.8, 4) is 17.2 Å². The highest BCUT2D eigenvalue weighted by Gasteiger charge is 2.20. The average Bonchev–Trinajstić information content (AvgIpc) is 2.73. The van der Waals surface area contributed by atoms with Gasteiger partial charge in [-0.3, -0.25) is 9.59 Å². The zero-order valence-corrected chi connectivity index (χ0v) is 18.8. The molecule has 0 saturated heterocycles. The molecule has 1 aromatic heterocycles.